The lowest BCUT2D eigenvalue weighted by Crippen LogP contribution is -2.61. The van der Waals surface area contributed by atoms with Gasteiger partial charge in [0.05, 0.1) is 36.9 Å². The minimum atomic E-state index is -2.42. The summed E-state index contributed by atoms with van der Waals surface area (Å²) in [5, 5.41) is 44.1. The van der Waals surface area contributed by atoms with Crippen molar-refractivity contribution in [3.8, 4) is 0 Å². The molecule has 0 aromatic heterocycles. The van der Waals surface area contributed by atoms with E-state index in [9.17, 15) is 44.4 Å². The van der Waals surface area contributed by atoms with Gasteiger partial charge in [-0.3, -0.25) is 19.2 Å². The summed E-state index contributed by atoms with van der Waals surface area (Å²) in [6, 6.07) is -1.12. The molecule has 4 fully saturated rings. The molecule has 64 heavy (non-hydrogen) atoms. The first-order valence-corrected chi connectivity index (χ1v) is 24.0. The van der Waals surface area contributed by atoms with E-state index in [-0.39, 0.29) is 54.8 Å². The van der Waals surface area contributed by atoms with Crippen LogP contribution in [-0.2, 0) is 38.2 Å². The second-order valence-corrected chi connectivity index (χ2v) is 20.3. The Morgan fingerprint density at radius 3 is 2.28 bits per heavy atom. The van der Waals surface area contributed by atoms with Gasteiger partial charge in [-0.1, -0.05) is 71.1 Å². The summed E-state index contributed by atoms with van der Waals surface area (Å²) >= 11 is 0. The number of piperidine rings is 1. The zero-order chi connectivity index (χ0) is 47.0. The van der Waals surface area contributed by atoms with Crippen LogP contribution < -0.4 is 0 Å². The van der Waals surface area contributed by atoms with Crippen molar-refractivity contribution in [2.24, 2.45) is 53.3 Å². The third kappa shape index (κ3) is 12.4. The van der Waals surface area contributed by atoms with Crippen molar-refractivity contribution in [1.82, 2.24) is 4.90 Å². The summed E-state index contributed by atoms with van der Waals surface area (Å²) in [6.07, 6.45) is 13.7. The van der Waals surface area contributed by atoms with E-state index in [1.807, 2.05) is 51.2 Å². The first-order chi connectivity index (χ1) is 30.3. The zero-order valence-electron chi connectivity index (χ0n) is 39.5. The molecule has 0 radical (unpaired) electrons. The Morgan fingerprint density at radius 1 is 0.891 bits per heavy atom. The van der Waals surface area contributed by atoms with Crippen LogP contribution in [0.3, 0.4) is 0 Å². The Kier molecular flexibility index (Phi) is 18.5. The fourth-order valence-corrected chi connectivity index (χ4v) is 11.2. The molecule has 3 heterocycles. The number of carbonyl (C=O) groups is 5. The molecule has 4 N–H and O–H groups in total. The van der Waals surface area contributed by atoms with Gasteiger partial charge in [-0.05, 0) is 119 Å². The number of hydrogen-bond donors (Lipinski definition) is 4. The molecule has 13 nitrogen and oxygen atoms in total. The summed E-state index contributed by atoms with van der Waals surface area (Å²) in [6.45, 7) is 12.2. The Hall–Kier alpha value is -3.33. The van der Waals surface area contributed by atoms with Gasteiger partial charge >= 0.3 is 5.97 Å². The number of carbonyl (C=O) groups excluding carboxylic acids is 5. The minimum Gasteiger partial charge on any atom is -0.460 e. The number of fused-ring (bicyclic) bond motifs is 5. The van der Waals surface area contributed by atoms with E-state index >= 15 is 0 Å². The third-order valence-corrected chi connectivity index (χ3v) is 15.4. The number of esters is 1. The van der Waals surface area contributed by atoms with Gasteiger partial charge in [-0.25, -0.2) is 4.79 Å². The highest BCUT2D eigenvalue weighted by atomic mass is 16.6. The maximum Gasteiger partial charge on any atom is 0.329 e. The first-order valence-electron chi connectivity index (χ1n) is 24.0. The molecule has 358 valence electrons. The van der Waals surface area contributed by atoms with Gasteiger partial charge in [-0.2, -0.15) is 0 Å². The molecule has 2 saturated carbocycles. The molecule has 4 bridgehead atoms. The lowest BCUT2D eigenvalue weighted by Gasteiger charge is -2.42. The molecule has 16 atom stereocenters. The number of cyclic esters (lactones) is 1. The number of Topliss-reactive ketones (excluding diaryl/α,β-unsaturated/α-hetero) is 3. The van der Waals surface area contributed by atoms with Gasteiger partial charge in [0.25, 0.3) is 11.7 Å². The molecule has 5 aliphatic rings. The van der Waals surface area contributed by atoms with Gasteiger partial charge in [0.2, 0.25) is 5.79 Å². The maximum absolute atomic E-state index is 14.3. The molecule has 2 aliphatic carbocycles. The number of nitrogens with zero attached hydrogens (tertiary/aromatic N) is 1. The number of aliphatic hydroxyl groups excluding tert-OH is 3. The Morgan fingerprint density at radius 2 is 1.62 bits per heavy atom. The van der Waals surface area contributed by atoms with E-state index in [1.165, 1.54) is 4.90 Å². The Bertz CT molecular complexity index is 1780. The van der Waals surface area contributed by atoms with Gasteiger partial charge in [0, 0.05) is 44.2 Å². The van der Waals surface area contributed by atoms with Crippen LogP contribution in [0.25, 0.3) is 0 Å². The summed E-state index contributed by atoms with van der Waals surface area (Å²) in [5.41, 5.74) is 1.25. The Balaban J connectivity index is 1.46. The van der Waals surface area contributed by atoms with Crippen molar-refractivity contribution in [3.63, 3.8) is 0 Å². The molecule has 0 aromatic rings. The van der Waals surface area contributed by atoms with Crippen molar-refractivity contribution in [2.75, 3.05) is 20.3 Å². The van der Waals surface area contributed by atoms with Crippen LogP contribution in [0.1, 0.15) is 126 Å². The maximum atomic E-state index is 14.3. The summed E-state index contributed by atoms with van der Waals surface area (Å²) in [4.78, 5) is 71.7. The van der Waals surface area contributed by atoms with Crippen molar-refractivity contribution >= 4 is 29.2 Å². The number of allylic oxidation sites excluding steroid dienone is 6. The van der Waals surface area contributed by atoms with Crippen LogP contribution in [0, 0.1) is 53.3 Å². The highest BCUT2D eigenvalue weighted by Gasteiger charge is 2.53. The predicted molar refractivity (Wildman–Crippen MR) is 241 cm³/mol. The number of amides is 1. The van der Waals surface area contributed by atoms with Crippen LogP contribution in [0.15, 0.2) is 47.6 Å². The average Bonchev–Trinajstić information content (AvgIpc) is 3.84. The number of aliphatic hydroxyl groups is 4. The highest BCUT2D eigenvalue weighted by molar-refractivity contribution is 6.39. The number of ketones is 3. The van der Waals surface area contributed by atoms with Gasteiger partial charge in [0.1, 0.15) is 23.7 Å². The fraction of sp³-hybridized carbons (Fsp3) is 0.745. The number of methoxy groups -OCH3 is 1. The lowest BCUT2D eigenvalue weighted by atomic mass is 9.79. The minimum absolute atomic E-state index is 0.00184. The normalized spacial score (nSPS) is 41.2. The molecule has 1 amide bonds. The molecule has 5 rings (SSSR count). The van der Waals surface area contributed by atoms with Crippen LogP contribution in [0.2, 0.25) is 0 Å². The summed E-state index contributed by atoms with van der Waals surface area (Å²) < 4.78 is 18.2. The number of rotatable bonds is 5. The van der Waals surface area contributed by atoms with Gasteiger partial charge < -0.3 is 39.5 Å². The molecule has 2 saturated heterocycles. The van der Waals surface area contributed by atoms with Crippen LogP contribution in [-0.4, -0.2) is 117 Å². The second kappa shape index (κ2) is 22.9. The van der Waals surface area contributed by atoms with E-state index < -0.39 is 84.2 Å². The number of ether oxygens (including phenoxy) is 3. The zero-order valence-corrected chi connectivity index (χ0v) is 39.5. The van der Waals surface area contributed by atoms with E-state index in [0.29, 0.717) is 62.4 Å². The smallest absolute Gasteiger partial charge is 0.329 e. The fourth-order valence-electron chi connectivity index (χ4n) is 11.2. The monoisotopic (exact) mass is 896 g/mol. The van der Waals surface area contributed by atoms with Gasteiger partial charge in [0.15, 0.2) is 0 Å². The number of hydrogen-bond acceptors (Lipinski definition) is 12. The summed E-state index contributed by atoms with van der Waals surface area (Å²) in [5.74, 6) is -8.22. The average molecular weight is 896 g/mol. The Labute approximate surface area is 380 Å². The quantitative estimate of drug-likeness (QED) is 0.143. The van der Waals surface area contributed by atoms with Crippen LogP contribution in [0.5, 0.6) is 0 Å². The molecule has 0 unspecified atom stereocenters. The highest BCUT2D eigenvalue weighted by Crippen LogP contribution is 2.51. The largest absolute Gasteiger partial charge is 0.460 e. The van der Waals surface area contributed by atoms with Crippen LogP contribution >= 0.6 is 0 Å². The molecule has 0 aromatic carbocycles. The molecular formula is C51H77NO12. The van der Waals surface area contributed by atoms with Crippen molar-refractivity contribution in [3.05, 3.63) is 47.6 Å². The standard InChI is InChI=1S/C51H77NO12/c1-29-14-10-9-11-15-30(2)44(62-8)26-39-18-17-35(7)51(61,64-39)48(58)49(59)52-19-13-12-16-41(52)50(60)63-45(32(4)22-36-23-38-24-37(36)25-43(38)55)27-42(54)31(3)21-34(6)47(57)40(28-53)46(56)33(5)20-29/h9-11,14-15,21,29,31-33,35-41,43-45,47,53,55,57,61H,12-13,16-20,22-28H2,1-8H3/b11-9?,14-10+,30-15?,34-21+/t29-,31-,32-,33-,35-,36+,37-,38+,39+,40+,41+,43+,44+,45+,47-,51-/m1/s1. The molecular weight excluding hydrogens is 819 g/mol. The van der Waals surface area contributed by atoms with Crippen LogP contribution in [0.4, 0.5) is 0 Å². The predicted octanol–water partition coefficient (Wildman–Crippen LogP) is 6.01. The SMILES string of the molecule is CO[C@H]1C[C@@H]2CC[C@@H](C)[C@@](O)(O2)C(=O)C(=O)N2CCCC[C@H]2C(=O)O[C@H]([C@H](C)C[C@H]2C[C@H]3C[C@@H]2C[C@@H]3O)CC(=O)[C@H](C)/C=C(\C)[C@@H](O)[C@@H](CO)C(=O)[C@H](C)C[C@H](C)/C=C/C=CC=C1C. The van der Waals surface area contributed by atoms with E-state index in [1.54, 1.807) is 40.9 Å². The molecule has 0 spiro atoms. The van der Waals surface area contributed by atoms with E-state index in [0.717, 1.165) is 24.8 Å². The van der Waals surface area contributed by atoms with E-state index in [4.69, 9.17) is 14.2 Å². The first kappa shape index (κ1) is 51.7. The topological polar surface area (TPSA) is 197 Å². The van der Waals surface area contributed by atoms with Crippen molar-refractivity contribution < 1.29 is 58.6 Å². The second-order valence-electron chi connectivity index (χ2n) is 20.3. The van der Waals surface area contributed by atoms with E-state index in [2.05, 4.69) is 0 Å². The lowest BCUT2D eigenvalue weighted by molar-refractivity contribution is -0.265. The third-order valence-electron chi connectivity index (χ3n) is 15.4. The molecule has 3 aliphatic heterocycles. The van der Waals surface area contributed by atoms with Crippen molar-refractivity contribution in [2.45, 2.75) is 168 Å². The summed E-state index contributed by atoms with van der Waals surface area (Å²) in [7, 11) is 1.57. The van der Waals surface area contributed by atoms with Gasteiger partial charge in [-0.15, -0.1) is 0 Å². The van der Waals surface area contributed by atoms with Crippen molar-refractivity contribution in [1.29, 1.82) is 0 Å². The molecule has 13 heteroatoms.